The maximum absolute atomic E-state index is 13.0. The number of carbonyl (C=O) groups is 2. The smallest absolute Gasteiger partial charge is 0.273 e. The fourth-order valence-electron chi connectivity index (χ4n) is 3.97. The summed E-state index contributed by atoms with van der Waals surface area (Å²) >= 11 is 3.07. The van der Waals surface area contributed by atoms with Crippen molar-refractivity contribution < 1.29 is 9.59 Å². The highest BCUT2D eigenvalue weighted by Gasteiger charge is 2.50. The average Bonchev–Trinajstić information content (AvgIpc) is 3.12. The molecule has 2 aliphatic heterocycles. The number of aromatic nitrogens is 1. The van der Waals surface area contributed by atoms with Gasteiger partial charge >= 0.3 is 0 Å². The number of thiazole rings is 1. The molecule has 2 amide bonds. The van der Waals surface area contributed by atoms with E-state index in [9.17, 15) is 9.59 Å². The first kappa shape index (κ1) is 16.4. The van der Waals surface area contributed by atoms with Crippen molar-refractivity contribution in [3.05, 3.63) is 11.1 Å². The fraction of sp³-hybridized carbons (Fsp3) is 0.706. The van der Waals surface area contributed by atoms with Crippen molar-refractivity contribution in [2.24, 2.45) is 11.3 Å². The first-order valence-corrected chi connectivity index (χ1v) is 10.8. The molecule has 4 rings (SSSR count). The molecule has 1 aromatic heterocycles. The van der Waals surface area contributed by atoms with Gasteiger partial charge in [-0.05, 0) is 44.3 Å². The van der Waals surface area contributed by atoms with Crippen LogP contribution in [0, 0.1) is 11.3 Å². The van der Waals surface area contributed by atoms with E-state index >= 15 is 0 Å². The zero-order chi connectivity index (χ0) is 16.7. The third-order valence-corrected chi connectivity index (χ3v) is 7.38. The van der Waals surface area contributed by atoms with E-state index in [4.69, 9.17) is 0 Å². The van der Waals surface area contributed by atoms with Crippen molar-refractivity contribution in [1.82, 2.24) is 14.8 Å². The zero-order valence-corrected chi connectivity index (χ0v) is 15.6. The van der Waals surface area contributed by atoms with E-state index in [0.29, 0.717) is 24.7 Å². The van der Waals surface area contributed by atoms with E-state index < -0.39 is 0 Å². The Kier molecular flexibility index (Phi) is 4.33. The summed E-state index contributed by atoms with van der Waals surface area (Å²) in [6.07, 6.45) is 7.29. The van der Waals surface area contributed by atoms with E-state index in [2.05, 4.69) is 9.88 Å². The predicted octanol–water partition coefficient (Wildman–Crippen LogP) is 2.73. The van der Waals surface area contributed by atoms with Gasteiger partial charge < -0.3 is 9.80 Å². The molecule has 0 bridgehead atoms. The number of hydrogen-bond donors (Lipinski definition) is 0. The summed E-state index contributed by atoms with van der Waals surface area (Å²) in [5, 5.41) is 1.83. The molecule has 24 heavy (non-hydrogen) atoms. The van der Waals surface area contributed by atoms with Gasteiger partial charge in [-0.3, -0.25) is 9.59 Å². The van der Waals surface area contributed by atoms with Crippen LogP contribution in [0.3, 0.4) is 0 Å². The highest BCUT2D eigenvalue weighted by Crippen LogP contribution is 2.42. The Morgan fingerprint density at radius 1 is 1.42 bits per heavy atom. The minimum Gasteiger partial charge on any atom is -0.342 e. The Labute approximate surface area is 150 Å². The third kappa shape index (κ3) is 2.96. The Morgan fingerprint density at radius 3 is 2.96 bits per heavy atom. The van der Waals surface area contributed by atoms with Crippen LogP contribution in [0.2, 0.25) is 0 Å². The molecule has 3 fully saturated rings. The van der Waals surface area contributed by atoms with Gasteiger partial charge in [-0.1, -0.05) is 11.8 Å². The summed E-state index contributed by atoms with van der Waals surface area (Å²) in [6, 6.07) is 0. The third-order valence-electron chi connectivity index (χ3n) is 5.52. The molecule has 0 aromatic carbocycles. The molecule has 0 radical (unpaired) electrons. The van der Waals surface area contributed by atoms with Crippen LogP contribution in [0.4, 0.5) is 0 Å². The minimum atomic E-state index is -0.332. The van der Waals surface area contributed by atoms with Crippen molar-refractivity contribution in [1.29, 1.82) is 0 Å². The highest BCUT2D eigenvalue weighted by atomic mass is 32.2. The van der Waals surface area contributed by atoms with Gasteiger partial charge in [-0.15, -0.1) is 11.3 Å². The van der Waals surface area contributed by atoms with E-state index in [1.165, 1.54) is 24.2 Å². The predicted molar refractivity (Wildman–Crippen MR) is 95.4 cm³/mol. The van der Waals surface area contributed by atoms with Crippen LogP contribution in [0.25, 0.3) is 0 Å². The molecule has 2 saturated heterocycles. The standard InChI is InChI=1S/C17H23N3O2S2/c1-23-16-18-13(10-24-16)14(21)20-8-6-17(11-20)5-2-7-19(15(17)22)9-12-3-4-12/h10,12H,2-9,11H2,1H3. The summed E-state index contributed by atoms with van der Waals surface area (Å²) in [5.74, 6) is 0.998. The van der Waals surface area contributed by atoms with Crippen LogP contribution < -0.4 is 0 Å². The van der Waals surface area contributed by atoms with Crippen molar-refractivity contribution in [3.8, 4) is 0 Å². The van der Waals surface area contributed by atoms with Crippen LogP contribution in [0.15, 0.2) is 9.72 Å². The van der Waals surface area contributed by atoms with Gasteiger partial charge in [0.15, 0.2) is 0 Å². The molecule has 5 nitrogen and oxygen atoms in total. The molecule has 3 aliphatic rings. The summed E-state index contributed by atoms with van der Waals surface area (Å²) < 4.78 is 0.914. The molecule has 1 saturated carbocycles. The van der Waals surface area contributed by atoms with Gasteiger partial charge in [0.25, 0.3) is 5.91 Å². The topological polar surface area (TPSA) is 53.5 Å². The Hall–Kier alpha value is -1.08. The number of thioether (sulfide) groups is 1. The Balaban J connectivity index is 1.46. The molecule has 1 spiro atoms. The van der Waals surface area contributed by atoms with E-state index in [1.54, 1.807) is 11.8 Å². The molecule has 1 unspecified atom stereocenters. The lowest BCUT2D eigenvalue weighted by atomic mass is 9.78. The molecule has 3 heterocycles. The highest BCUT2D eigenvalue weighted by molar-refractivity contribution is 8.00. The van der Waals surface area contributed by atoms with Crippen LogP contribution in [0.1, 0.15) is 42.6 Å². The Morgan fingerprint density at radius 2 is 2.25 bits per heavy atom. The molecule has 130 valence electrons. The molecule has 1 atom stereocenters. The molecular formula is C17H23N3O2S2. The second-order valence-electron chi connectivity index (χ2n) is 7.26. The lowest BCUT2D eigenvalue weighted by molar-refractivity contribution is -0.145. The SMILES string of the molecule is CSc1nc(C(=O)N2CCC3(CCCN(CC4CC4)C3=O)C2)cs1. The Bertz CT molecular complexity index is 658. The lowest BCUT2D eigenvalue weighted by Gasteiger charge is -2.39. The number of hydrogen-bond acceptors (Lipinski definition) is 5. The van der Waals surface area contributed by atoms with Crippen molar-refractivity contribution in [2.45, 2.75) is 36.4 Å². The van der Waals surface area contributed by atoms with E-state index in [1.807, 2.05) is 16.5 Å². The maximum atomic E-state index is 13.0. The molecule has 7 heteroatoms. The van der Waals surface area contributed by atoms with Gasteiger partial charge in [0.2, 0.25) is 5.91 Å². The lowest BCUT2D eigenvalue weighted by Crippen LogP contribution is -2.51. The second-order valence-corrected chi connectivity index (χ2v) is 9.17. The number of rotatable bonds is 4. The van der Waals surface area contributed by atoms with Crippen LogP contribution in [-0.4, -0.2) is 59.0 Å². The number of amides is 2. The minimum absolute atomic E-state index is 0.0180. The van der Waals surface area contributed by atoms with Crippen LogP contribution in [-0.2, 0) is 4.79 Å². The average molecular weight is 366 g/mol. The summed E-state index contributed by atoms with van der Waals surface area (Å²) in [5.41, 5.74) is 0.195. The zero-order valence-electron chi connectivity index (χ0n) is 14.0. The quantitative estimate of drug-likeness (QED) is 0.770. The number of piperidine rings is 1. The van der Waals surface area contributed by atoms with E-state index in [0.717, 1.165) is 42.6 Å². The van der Waals surface area contributed by atoms with Crippen molar-refractivity contribution in [2.75, 3.05) is 32.4 Å². The van der Waals surface area contributed by atoms with Crippen LogP contribution >= 0.6 is 23.1 Å². The van der Waals surface area contributed by atoms with E-state index in [-0.39, 0.29) is 11.3 Å². The van der Waals surface area contributed by atoms with Crippen molar-refractivity contribution in [3.63, 3.8) is 0 Å². The number of nitrogens with zero attached hydrogens (tertiary/aromatic N) is 3. The number of likely N-dealkylation sites (tertiary alicyclic amines) is 2. The molecule has 0 N–H and O–H groups in total. The second kappa shape index (κ2) is 6.33. The molecule has 1 aromatic rings. The summed E-state index contributed by atoms with van der Waals surface area (Å²) in [7, 11) is 0. The molecule has 1 aliphatic carbocycles. The molecular weight excluding hydrogens is 342 g/mol. The van der Waals surface area contributed by atoms with Gasteiger partial charge in [0.05, 0.1) is 5.41 Å². The van der Waals surface area contributed by atoms with Gasteiger partial charge in [0, 0.05) is 31.6 Å². The first-order chi connectivity index (χ1) is 11.6. The first-order valence-electron chi connectivity index (χ1n) is 8.69. The van der Waals surface area contributed by atoms with Crippen molar-refractivity contribution >= 4 is 34.9 Å². The van der Waals surface area contributed by atoms with Gasteiger partial charge in [0.1, 0.15) is 10.0 Å². The normalized spacial score (nSPS) is 27.3. The number of carbonyl (C=O) groups excluding carboxylic acids is 2. The van der Waals surface area contributed by atoms with Gasteiger partial charge in [-0.25, -0.2) is 4.98 Å². The maximum Gasteiger partial charge on any atom is 0.273 e. The summed E-state index contributed by atoms with van der Waals surface area (Å²) in [6.45, 7) is 3.07. The summed E-state index contributed by atoms with van der Waals surface area (Å²) in [4.78, 5) is 34.1. The van der Waals surface area contributed by atoms with Crippen LogP contribution in [0.5, 0.6) is 0 Å². The largest absolute Gasteiger partial charge is 0.342 e. The van der Waals surface area contributed by atoms with Gasteiger partial charge in [-0.2, -0.15) is 0 Å². The fourth-order valence-corrected chi connectivity index (χ4v) is 5.21. The monoisotopic (exact) mass is 365 g/mol.